The molecular weight excluding hydrogens is 434 g/mol. The molecule has 0 saturated carbocycles. The summed E-state index contributed by atoms with van der Waals surface area (Å²) < 4.78 is 2.61. The first-order chi connectivity index (χ1) is 14.7. The maximum atomic E-state index is 13.0. The highest BCUT2D eigenvalue weighted by atomic mass is 32.2. The smallest absolute Gasteiger partial charge is 0.332 e. The van der Waals surface area contributed by atoms with Crippen molar-refractivity contribution in [3.63, 3.8) is 0 Å². The van der Waals surface area contributed by atoms with Gasteiger partial charge in [-0.25, -0.2) is 14.8 Å². The monoisotopic (exact) mass is 461 g/mol. The molecule has 0 fully saturated rings. The zero-order valence-electron chi connectivity index (χ0n) is 18.3. The van der Waals surface area contributed by atoms with E-state index in [-0.39, 0.29) is 17.2 Å². The summed E-state index contributed by atoms with van der Waals surface area (Å²) in [4.78, 5) is 48.6. The molecule has 0 aliphatic heterocycles. The van der Waals surface area contributed by atoms with Gasteiger partial charge < -0.3 is 5.32 Å². The molecule has 3 heterocycles. The second-order valence-corrected chi connectivity index (χ2v) is 9.96. The van der Waals surface area contributed by atoms with Crippen molar-refractivity contribution in [1.29, 1.82) is 0 Å². The predicted molar refractivity (Wildman–Crippen MR) is 125 cm³/mol. The van der Waals surface area contributed by atoms with Crippen molar-refractivity contribution in [2.75, 3.05) is 0 Å². The van der Waals surface area contributed by atoms with Gasteiger partial charge in [-0.3, -0.25) is 18.7 Å². The first-order valence-electron chi connectivity index (χ1n) is 10.2. The molecule has 10 heteroatoms. The number of thioether (sulfide) groups is 1. The fraction of sp³-hybridized carbons (Fsp3) is 0.476. The van der Waals surface area contributed by atoms with Crippen molar-refractivity contribution in [2.24, 2.45) is 7.05 Å². The number of thiophene rings is 1. The van der Waals surface area contributed by atoms with Gasteiger partial charge >= 0.3 is 5.69 Å². The first kappa shape index (κ1) is 23.2. The molecule has 0 aromatic carbocycles. The highest BCUT2D eigenvalue weighted by molar-refractivity contribution is 8.00. The minimum absolute atomic E-state index is 0.000878. The zero-order chi connectivity index (χ0) is 22.7. The van der Waals surface area contributed by atoms with E-state index >= 15 is 0 Å². The van der Waals surface area contributed by atoms with Crippen LogP contribution < -0.4 is 16.6 Å². The fourth-order valence-electron chi connectivity index (χ4n) is 3.07. The summed E-state index contributed by atoms with van der Waals surface area (Å²) in [7, 11) is 1.46. The average Bonchev–Trinajstić information content (AvgIpc) is 3.26. The Balaban J connectivity index is 2.04. The van der Waals surface area contributed by atoms with Crippen LogP contribution in [0.1, 0.15) is 50.7 Å². The summed E-state index contributed by atoms with van der Waals surface area (Å²) in [5, 5.41) is 5.12. The molecular formula is C21H27N5O3S2. The number of carbonyl (C=O) groups excluding carboxylic acids is 1. The number of nitrogens with zero attached hydrogens (tertiary/aromatic N) is 4. The van der Waals surface area contributed by atoms with Crippen LogP contribution in [0.25, 0.3) is 11.0 Å². The topological polar surface area (TPSA) is 98.9 Å². The van der Waals surface area contributed by atoms with Crippen LogP contribution in [0.3, 0.4) is 0 Å². The van der Waals surface area contributed by atoms with Crippen LogP contribution in [0.15, 0.2) is 32.1 Å². The van der Waals surface area contributed by atoms with Crippen LogP contribution in [0.4, 0.5) is 0 Å². The molecule has 1 unspecified atom stereocenters. The molecule has 166 valence electrons. The van der Waals surface area contributed by atoms with E-state index in [4.69, 9.17) is 0 Å². The van der Waals surface area contributed by atoms with Gasteiger partial charge in [0.15, 0.2) is 5.65 Å². The van der Waals surface area contributed by atoms with E-state index < -0.39 is 16.5 Å². The Labute approximate surface area is 188 Å². The molecule has 3 aromatic rings. The van der Waals surface area contributed by atoms with Crippen molar-refractivity contribution < 1.29 is 4.79 Å². The van der Waals surface area contributed by atoms with Crippen molar-refractivity contribution in [3.8, 4) is 0 Å². The maximum Gasteiger partial charge on any atom is 0.332 e. The number of fused-ring (bicyclic) bond motifs is 1. The van der Waals surface area contributed by atoms with Crippen molar-refractivity contribution in [3.05, 3.63) is 49.1 Å². The fourth-order valence-corrected chi connectivity index (χ4v) is 4.69. The molecule has 3 aromatic heterocycles. The predicted octanol–water partition coefficient (Wildman–Crippen LogP) is 2.88. The van der Waals surface area contributed by atoms with Crippen LogP contribution in [0, 0.1) is 0 Å². The highest BCUT2D eigenvalue weighted by Crippen LogP contribution is 2.28. The Morgan fingerprint density at radius 2 is 2.00 bits per heavy atom. The number of amides is 1. The van der Waals surface area contributed by atoms with E-state index in [9.17, 15) is 14.4 Å². The lowest BCUT2D eigenvalue weighted by Crippen LogP contribution is -2.39. The highest BCUT2D eigenvalue weighted by Gasteiger charge is 2.23. The zero-order valence-corrected chi connectivity index (χ0v) is 20.0. The third-order valence-electron chi connectivity index (χ3n) is 4.80. The average molecular weight is 462 g/mol. The molecule has 0 bridgehead atoms. The molecule has 0 radical (unpaired) electrons. The van der Waals surface area contributed by atoms with Crippen molar-refractivity contribution >= 4 is 40.0 Å². The summed E-state index contributed by atoms with van der Waals surface area (Å²) in [6.45, 7) is 8.56. The first-order valence-corrected chi connectivity index (χ1v) is 12.0. The number of aromatic nitrogens is 4. The van der Waals surface area contributed by atoms with Crippen LogP contribution >= 0.6 is 23.1 Å². The number of rotatable bonds is 8. The molecule has 3 rings (SSSR count). The quantitative estimate of drug-likeness (QED) is 0.409. The van der Waals surface area contributed by atoms with Crippen LogP contribution in [0.2, 0.25) is 0 Å². The molecule has 8 nitrogen and oxygen atoms in total. The number of nitrogens with one attached hydrogen (secondary N) is 1. The van der Waals surface area contributed by atoms with Gasteiger partial charge in [-0.1, -0.05) is 38.6 Å². The second-order valence-electron chi connectivity index (χ2n) is 7.60. The largest absolute Gasteiger partial charge is 0.350 e. The molecule has 0 saturated heterocycles. The molecule has 0 aliphatic rings. The van der Waals surface area contributed by atoms with Crippen LogP contribution in [-0.4, -0.2) is 30.3 Å². The van der Waals surface area contributed by atoms with Gasteiger partial charge in [0.05, 0.1) is 11.8 Å². The van der Waals surface area contributed by atoms with E-state index in [0.717, 1.165) is 15.9 Å². The SMILES string of the molecule is CCCn1c(=O)n(C)c(=O)c2c(SC(C)C(=O)NCc3cccs3)nc(C(C)C)nc21. The lowest BCUT2D eigenvalue weighted by atomic mass is 10.2. The lowest BCUT2D eigenvalue weighted by Gasteiger charge is -2.17. The van der Waals surface area contributed by atoms with E-state index in [2.05, 4.69) is 15.3 Å². The summed E-state index contributed by atoms with van der Waals surface area (Å²) in [6, 6.07) is 3.91. The number of carbonyl (C=O) groups is 1. The number of hydrogen-bond acceptors (Lipinski definition) is 7. The third kappa shape index (κ3) is 4.90. The van der Waals surface area contributed by atoms with Gasteiger partial charge in [0.1, 0.15) is 16.2 Å². The lowest BCUT2D eigenvalue weighted by molar-refractivity contribution is -0.120. The van der Waals surface area contributed by atoms with Gasteiger partial charge in [-0.05, 0) is 24.8 Å². The third-order valence-corrected chi connectivity index (χ3v) is 6.77. The van der Waals surface area contributed by atoms with E-state index in [0.29, 0.717) is 29.6 Å². The van der Waals surface area contributed by atoms with Gasteiger partial charge in [0.2, 0.25) is 5.91 Å². The van der Waals surface area contributed by atoms with Crippen molar-refractivity contribution in [1.82, 2.24) is 24.4 Å². The van der Waals surface area contributed by atoms with Crippen molar-refractivity contribution in [2.45, 2.75) is 63.4 Å². The maximum absolute atomic E-state index is 13.0. The Morgan fingerprint density at radius 1 is 1.26 bits per heavy atom. The van der Waals surface area contributed by atoms with Gasteiger partial charge in [-0.2, -0.15) is 0 Å². The summed E-state index contributed by atoms with van der Waals surface area (Å²) >= 11 is 2.80. The number of hydrogen-bond donors (Lipinski definition) is 1. The molecule has 0 aliphatic carbocycles. The summed E-state index contributed by atoms with van der Waals surface area (Å²) in [5.74, 6) is 0.398. The Bertz CT molecular complexity index is 1200. The molecule has 1 atom stereocenters. The Morgan fingerprint density at radius 3 is 2.61 bits per heavy atom. The second kappa shape index (κ2) is 9.78. The van der Waals surface area contributed by atoms with Gasteiger partial charge in [0, 0.05) is 24.4 Å². The molecule has 1 N–H and O–H groups in total. The minimum Gasteiger partial charge on any atom is -0.350 e. The minimum atomic E-state index is -0.477. The van der Waals surface area contributed by atoms with E-state index in [1.807, 2.05) is 38.3 Å². The normalized spacial score (nSPS) is 12.5. The van der Waals surface area contributed by atoms with E-state index in [1.165, 1.54) is 23.4 Å². The van der Waals surface area contributed by atoms with Gasteiger partial charge in [0.25, 0.3) is 5.56 Å². The Hall–Kier alpha value is -2.46. The summed E-state index contributed by atoms with van der Waals surface area (Å²) in [6.07, 6.45) is 0.720. The molecule has 31 heavy (non-hydrogen) atoms. The Kier molecular flexibility index (Phi) is 7.32. The van der Waals surface area contributed by atoms with Crippen LogP contribution in [-0.2, 0) is 24.9 Å². The summed E-state index contributed by atoms with van der Waals surface area (Å²) in [5.41, 5.74) is -0.510. The van der Waals surface area contributed by atoms with E-state index in [1.54, 1.807) is 18.3 Å². The van der Waals surface area contributed by atoms with Gasteiger partial charge in [-0.15, -0.1) is 11.3 Å². The number of aryl methyl sites for hydroxylation is 1. The van der Waals surface area contributed by atoms with Crippen LogP contribution in [0.5, 0.6) is 0 Å². The molecule has 0 spiro atoms. The standard InChI is InChI=1S/C21H27N5O3S2/c1-6-9-26-17-15(20(28)25(5)21(26)29)19(24-16(23-17)12(2)3)31-13(4)18(27)22-11-14-8-7-10-30-14/h7-8,10,12-13H,6,9,11H2,1-5H3,(H,22,27). The molecule has 1 amide bonds.